The predicted octanol–water partition coefficient (Wildman–Crippen LogP) is 0.738. The lowest BCUT2D eigenvalue weighted by Gasteiger charge is -2.21. The van der Waals surface area contributed by atoms with Crippen LogP contribution in [0.25, 0.3) is 0 Å². The number of benzene rings is 1. The van der Waals surface area contributed by atoms with Crippen molar-refractivity contribution in [3.63, 3.8) is 0 Å². The molecule has 11 heteroatoms. The summed E-state index contributed by atoms with van der Waals surface area (Å²) >= 11 is 5.75. The number of imide groups is 1. The standard InChI is InChI=1S/C16H20ClN3O6S/c1-10(2)14(19-27(24,25)12-5-3-11(17)4-6-12)15(22)26-9-13(21)20-8-7-18-16(20)23/h3-6,10,14,19H,7-9H2,1-2H3,(H,18,23)/t14-/m0/s1. The Bertz CT molecular complexity index is 825. The van der Waals surface area contributed by atoms with Gasteiger partial charge in [-0.1, -0.05) is 25.4 Å². The highest BCUT2D eigenvalue weighted by molar-refractivity contribution is 7.89. The molecule has 1 aliphatic heterocycles. The third kappa shape index (κ3) is 5.41. The van der Waals surface area contributed by atoms with E-state index in [0.717, 1.165) is 4.90 Å². The van der Waals surface area contributed by atoms with E-state index >= 15 is 0 Å². The summed E-state index contributed by atoms with van der Waals surface area (Å²) in [5, 5.41) is 2.83. The second-order valence-corrected chi connectivity index (χ2v) is 8.33. The highest BCUT2D eigenvalue weighted by atomic mass is 35.5. The van der Waals surface area contributed by atoms with Gasteiger partial charge in [-0.2, -0.15) is 4.72 Å². The maximum absolute atomic E-state index is 12.5. The monoisotopic (exact) mass is 417 g/mol. The van der Waals surface area contributed by atoms with Crippen LogP contribution in [0, 0.1) is 5.92 Å². The first-order valence-electron chi connectivity index (χ1n) is 8.14. The SMILES string of the molecule is CC(C)[C@H](NS(=O)(=O)c1ccc(Cl)cc1)C(=O)OCC(=O)N1CCNC1=O. The molecule has 0 spiro atoms. The van der Waals surface area contributed by atoms with Crippen LogP contribution in [0.15, 0.2) is 29.2 Å². The average molecular weight is 418 g/mol. The van der Waals surface area contributed by atoms with Gasteiger partial charge in [0.15, 0.2) is 6.61 Å². The van der Waals surface area contributed by atoms with Crippen LogP contribution in [-0.4, -0.2) is 57.0 Å². The van der Waals surface area contributed by atoms with Crippen LogP contribution in [0.5, 0.6) is 0 Å². The number of amides is 3. The van der Waals surface area contributed by atoms with Crippen LogP contribution in [0.4, 0.5) is 4.79 Å². The van der Waals surface area contributed by atoms with Crippen molar-refractivity contribution in [2.75, 3.05) is 19.7 Å². The van der Waals surface area contributed by atoms with E-state index in [1.165, 1.54) is 24.3 Å². The van der Waals surface area contributed by atoms with Crippen molar-refractivity contribution < 1.29 is 27.5 Å². The molecule has 1 aliphatic rings. The first-order chi connectivity index (χ1) is 12.6. The molecule has 148 valence electrons. The van der Waals surface area contributed by atoms with Gasteiger partial charge in [0.2, 0.25) is 10.0 Å². The normalized spacial score (nSPS) is 15.6. The highest BCUT2D eigenvalue weighted by Crippen LogP contribution is 2.16. The number of carbonyl (C=O) groups is 3. The predicted molar refractivity (Wildman–Crippen MR) is 96.5 cm³/mol. The number of carbonyl (C=O) groups excluding carboxylic acids is 3. The summed E-state index contributed by atoms with van der Waals surface area (Å²) in [5.41, 5.74) is 0. The Hall–Kier alpha value is -2.17. The van der Waals surface area contributed by atoms with Crippen molar-refractivity contribution >= 4 is 39.5 Å². The summed E-state index contributed by atoms with van der Waals surface area (Å²) in [6.45, 7) is 3.12. The number of esters is 1. The molecular formula is C16H20ClN3O6S. The van der Waals surface area contributed by atoms with Gasteiger partial charge in [-0.15, -0.1) is 0 Å². The molecule has 0 aliphatic carbocycles. The first kappa shape index (κ1) is 21.1. The Morgan fingerprint density at radius 3 is 2.44 bits per heavy atom. The quantitative estimate of drug-likeness (QED) is 0.631. The van der Waals surface area contributed by atoms with Crippen LogP contribution in [0.1, 0.15) is 13.8 Å². The number of rotatable bonds is 7. The molecule has 0 radical (unpaired) electrons. The van der Waals surface area contributed by atoms with E-state index in [0.29, 0.717) is 11.6 Å². The molecular weight excluding hydrogens is 398 g/mol. The fourth-order valence-corrected chi connectivity index (χ4v) is 3.77. The third-order valence-electron chi connectivity index (χ3n) is 3.82. The van der Waals surface area contributed by atoms with Gasteiger partial charge in [-0.25, -0.2) is 13.2 Å². The van der Waals surface area contributed by atoms with E-state index in [1.807, 2.05) is 0 Å². The number of sulfonamides is 1. The fourth-order valence-electron chi connectivity index (χ4n) is 2.32. The zero-order valence-electron chi connectivity index (χ0n) is 14.8. The molecule has 1 atom stereocenters. The molecule has 2 N–H and O–H groups in total. The number of urea groups is 1. The Morgan fingerprint density at radius 2 is 1.93 bits per heavy atom. The first-order valence-corrected chi connectivity index (χ1v) is 10.0. The van der Waals surface area contributed by atoms with E-state index in [4.69, 9.17) is 16.3 Å². The lowest BCUT2D eigenvalue weighted by Crippen LogP contribution is -2.46. The van der Waals surface area contributed by atoms with Crippen molar-refractivity contribution in [3.05, 3.63) is 29.3 Å². The van der Waals surface area contributed by atoms with E-state index in [1.54, 1.807) is 13.8 Å². The molecule has 1 fully saturated rings. The number of ether oxygens (including phenoxy) is 1. The minimum Gasteiger partial charge on any atom is -0.454 e. The summed E-state index contributed by atoms with van der Waals surface area (Å²) in [6, 6.07) is 3.69. The molecule has 0 aromatic heterocycles. The number of hydrogen-bond acceptors (Lipinski definition) is 6. The number of halogens is 1. The Kier molecular flexibility index (Phi) is 6.79. The molecule has 2 rings (SSSR count). The molecule has 0 saturated carbocycles. The van der Waals surface area contributed by atoms with Crippen LogP contribution < -0.4 is 10.0 Å². The zero-order valence-corrected chi connectivity index (χ0v) is 16.3. The molecule has 0 bridgehead atoms. The largest absolute Gasteiger partial charge is 0.454 e. The summed E-state index contributed by atoms with van der Waals surface area (Å²) in [6.07, 6.45) is 0. The van der Waals surface area contributed by atoms with Gasteiger partial charge in [0.25, 0.3) is 5.91 Å². The van der Waals surface area contributed by atoms with Crippen LogP contribution >= 0.6 is 11.6 Å². The van der Waals surface area contributed by atoms with E-state index in [2.05, 4.69) is 10.0 Å². The zero-order chi connectivity index (χ0) is 20.2. The highest BCUT2D eigenvalue weighted by Gasteiger charge is 2.32. The van der Waals surface area contributed by atoms with Crippen molar-refractivity contribution in [1.29, 1.82) is 0 Å². The van der Waals surface area contributed by atoms with Gasteiger partial charge >= 0.3 is 12.0 Å². The van der Waals surface area contributed by atoms with E-state index < -0.39 is 46.5 Å². The Balaban J connectivity index is 2.03. The molecule has 1 heterocycles. The molecule has 9 nitrogen and oxygen atoms in total. The van der Waals surface area contributed by atoms with E-state index in [9.17, 15) is 22.8 Å². The lowest BCUT2D eigenvalue weighted by atomic mass is 10.1. The van der Waals surface area contributed by atoms with Crippen LogP contribution in [0.2, 0.25) is 5.02 Å². The summed E-state index contributed by atoms with van der Waals surface area (Å²) in [4.78, 5) is 36.5. The molecule has 0 unspecified atom stereocenters. The van der Waals surface area contributed by atoms with Crippen molar-refractivity contribution in [1.82, 2.24) is 14.9 Å². The van der Waals surface area contributed by atoms with Crippen molar-refractivity contribution in [2.24, 2.45) is 5.92 Å². The smallest absolute Gasteiger partial charge is 0.324 e. The van der Waals surface area contributed by atoms with Gasteiger partial charge in [0.05, 0.1) is 4.90 Å². The van der Waals surface area contributed by atoms with Crippen LogP contribution in [0.3, 0.4) is 0 Å². The summed E-state index contributed by atoms with van der Waals surface area (Å²) < 4.78 is 32.1. The molecule has 1 aromatic carbocycles. The number of hydrogen-bond donors (Lipinski definition) is 2. The minimum atomic E-state index is -4.00. The van der Waals surface area contributed by atoms with Gasteiger partial charge < -0.3 is 10.1 Å². The van der Waals surface area contributed by atoms with Crippen molar-refractivity contribution in [3.8, 4) is 0 Å². The second-order valence-electron chi connectivity index (χ2n) is 6.18. The molecule has 1 aromatic rings. The topological polar surface area (TPSA) is 122 Å². The molecule has 1 saturated heterocycles. The second kappa shape index (κ2) is 8.68. The number of nitrogens with one attached hydrogen (secondary N) is 2. The van der Waals surface area contributed by atoms with Gasteiger partial charge in [-0.3, -0.25) is 14.5 Å². The van der Waals surface area contributed by atoms with E-state index in [-0.39, 0.29) is 11.4 Å². The molecule has 3 amide bonds. The van der Waals surface area contributed by atoms with Crippen LogP contribution in [-0.2, 0) is 24.3 Å². The number of nitrogens with zero attached hydrogens (tertiary/aromatic N) is 1. The Labute approximate surface area is 162 Å². The lowest BCUT2D eigenvalue weighted by molar-refractivity contribution is -0.153. The molecule has 27 heavy (non-hydrogen) atoms. The maximum atomic E-state index is 12.5. The summed E-state index contributed by atoms with van der Waals surface area (Å²) in [5.74, 6) is -2.03. The average Bonchev–Trinajstić information content (AvgIpc) is 3.03. The Morgan fingerprint density at radius 1 is 1.30 bits per heavy atom. The maximum Gasteiger partial charge on any atom is 0.324 e. The van der Waals surface area contributed by atoms with Gasteiger partial charge in [0.1, 0.15) is 6.04 Å². The summed E-state index contributed by atoms with van der Waals surface area (Å²) in [7, 11) is -4.00. The fraction of sp³-hybridized carbons (Fsp3) is 0.438. The van der Waals surface area contributed by atoms with Crippen molar-refractivity contribution in [2.45, 2.75) is 24.8 Å². The minimum absolute atomic E-state index is 0.0600. The third-order valence-corrected chi connectivity index (χ3v) is 5.53. The van der Waals surface area contributed by atoms with Gasteiger partial charge in [0, 0.05) is 18.1 Å². The van der Waals surface area contributed by atoms with Gasteiger partial charge in [-0.05, 0) is 30.2 Å².